The zero-order valence-corrected chi connectivity index (χ0v) is 11.1. The molecule has 0 radical (unpaired) electrons. The van der Waals surface area contributed by atoms with Crippen LogP contribution in [0.15, 0.2) is 5.16 Å². The highest BCUT2D eigenvalue weighted by Crippen LogP contribution is 2.20. The summed E-state index contributed by atoms with van der Waals surface area (Å²) in [6.07, 6.45) is 6.50. The summed E-state index contributed by atoms with van der Waals surface area (Å²) in [4.78, 5) is 30.5. The van der Waals surface area contributed by atoms with Crippen LogP contribution < -0.4 is 5.32 Å². The lowest BCUT2D eigenvalue weighted by Gasteiger charge is -2.19. The quantitative estimate of drug-likeness (QED) is 0.483. The molecule has 1 saturated carbocycles. The molecule has 0 saturated heterocycles. The highest BCUT2D eigenvalue weighted by Gasteiger charge is 2.16. The number of carbonyl (C=O) groups excluding carboxylic acids is 2. The molecule has 19 heavy (non-hydrogen) atoms. The standard InChI is InChI=1S/C11H14N4O3S/c16-6-9(10-13-11(12-7-17)19-15-10)14-18-8-4-2-1-3-5-8/h6-8H,1-5H2,(H,12,13,15,17). The van der Waals surface area contributed by atoms with E-state index >= 15 is 0 Å². The molecule has 1 aliphatic carbocycles. The molecule has 1 aromatic rings. The molecule has 0 unspecified atom stereocenters. The summed E-state index contributed by atoms with van der Waals surface area (Å²) in [5.41, 5.74) is 0.0424. The first-order chi connectivity index (χ1) is 9.33. The Balaban J connectivity index is 2.00. The maximum absolute atomic E-state index is 11.0. The molecule has 1 fully saturated rings. The summed E-state index contributed by atoms with van der Waals surface area (Å²) < 4.78 is 3.94. The molecule has 8 heteroatoms. The molecular weight excluding hydrogens is 268 g/mol. The van der Waals surface area contributed by atoms with Crippen molar-refractivity contribution in [3.8, 4) is 0 Å². The summed E-state index contributed by atoms with van der Waals surface area (Å²) in [6.45, 7) is 0. The zero-order valence-electron chi connectivity index (χ0n) is 10.2. The largest absolute Gasteiger partial charge is 0.392 e. The van der Waals surface area contributed by atoms with E-state index < -0.39 is 0 Å². The number of carbonyl (C=O) groups is 2. The van der Waals surface area contributed by atoms with Crippen molar-refractivity contribution in [2.24, 2.45) is 5.16 Å². The minimum Gasteiger partial charge on any atom is -0.392 e. The normalized spacial score (nSPS) is 16.9. The van der Waals surface area contributed by atoms with E-state index in [1.807, 2.05) is 0 Å². The van der Waals surface area contributed by atoms with Crippen LogP contribution in [0.1, 0.15) is 37.9 Å². The Bertz CT molecular complexity index is 468. The van der Waals surface area contributed by atoms with Crippen LogP contribution in [0, 0.1) is 0 Å². The van der Waals surface area contributed by atoms with Gasteiger partial charge in [-0.25, -0.2) is 0 Å². The Morgan fingerprint density at radius 3 is 2.84 bits per heavy atom. The van der Waals surface area contributed by atoms with Crippen LogP contribution in [-0.4, -0.2) is 33.9 Å². The molecule has 1 amide bonds. The summed E-state index contributed by atoms with van der Waals surface area (Å²) >= 11 is 0.981. The second kappa shape index (κ2) is 6.93. The number of oxime groups is 1. The van der Waals surface area contributed by atoms with Crippen LogP contribution in [0.25, 0.3) is 0 Å². The van der Waals surface area contributed by atoms with E-state index in [4.69, 9.17) is 4.84 Å². The molecule has 1 N–H and O–H groups in total. The minimum absolute atomic E-state index is 0.0424. The maximum Gasteiger partial charge on any atom is 0.213 e. The lowest BCUT2D eigenvalue weighted by Crippen LogP contribution is -2.16. The van der Waals surface area contributed by atoms with Gasteiger partial charge in [0.05, 0.1) is 0 Å². The fraction of sp³-hybridized carbons (Fsp3) is 0.545. The second-order valence-electron chi connectivity index (χ2n) is 4.15. The Morgan fingerprint density at radius 2 is 2.16 bits per heavy atom. The predicted molar refractivity (Wildman–Crippen MR) is 70.2 cm³/mol. The third-order valence-electron chi connectivity index (χ3n) is 2.80. The van der Waals surface area contributed by atoms with Crippen molar-refractivity contribution < 1.29 is 14.4 Å². The summed E-state index contributed by atoms with van der Waals surface area (Å²) in [5, 5.41) is 6.51. The van der Waals surface area contributed by atoms with Gasteiger partial charge in [0.1, 0.15) is 6.10 Å². The molecule has 0 bridgehead atoms. The molecule has 0 aromatic carbocycles. The molecule has 1 aromatic heterocycles. The lowest BCUT2D eigenvalue weighted by atomic mass is 9.98. The summed E-state index contributed by atoms with van der Waals surface area (Å²) in [6, 6.07) is 0. The molecule has 2 rings (SSSR count). The van der Waals surface area contributed by atoms with Crippen LogP contribution in [0.4, 0.5) is 5.13 Å². The van der Waals surface area contributed by atoms with Crippen LogP contribution in [-0.2, 0) is 14.4 Å². The topological polar surface area (TPSA) is 93.5 Å². The first-order valence-corrected chi connectivity index (χ1v) is 6.84. The van der Waals surface area contributed by atoms with E-state index in [-0.39, 0.29) is 17.6 Å². The van der Waals surface area contributed by atoms with Crippen molar-refractivity contribution in [3.05, 3.63) is 5.82 Å². The van der Waals surface area contributed by atoms with Crippen molar-refractivity contribution in [2.45, 2.75) is 38.2 Å². The number of aldehydes is 1. The Labute approximate surface area is 114 Å². The Kier molecular flexibility index (Phi) is 4.96. The highest BCUT2D eigenvalue weighted by atomic mass is 32.1. The molecule has 0 aliphatic heterocycles. The van der Waals surface area contributed by atoms with E-state index in [2.05, 4.69) is 19.8 Å². The third kappa shape index (κ3) is 3.82. The average molecular weight is 282 g/mol. The zero-order chi connectivity index (χ0) is 13.5. The van der Waals surface area contributed by atoms with E-state index in [1.54, 1.807) is 0 Å². The monoisotopic (exact) mass is 282 g/mol. The van der Waals surface area contributed by atoms with Crippen LogP contribution in [0.3, 0.4) is 0 Å². The van der Waals surface area contributed by atoms with E-state index in [1.165, 1.54) is 6.42 Å². The van der Waals surface area contributed by atoms with Crippen LogP contribution >= 0.6 is 11.5 Å². The van der Waals surface area contributed by atoms with E-state index in [9.17, 15) is 9.59 Å². The van der Waals surface area contributed by atoms with Crippen LogP contribution in [0.5, 0.6) is 0 Å². The number of hydrogen-bond acceptors (Lipinski definition) is 7. The SMILES string of the molecule is O=CNc1nc(C(C=O)=NOC2CCCCC2)ns1. The van der Waals surface area contributed by atoms with E-state index in [0.29, 0.717) is 17.8 Å². The Hall–Kier alpha value is -1.83. The van der Waals surface area contributed by atoms with E-state index in [0.717, 1.165) is 37.2 Å². The van der Waals surface area contributed by atoms with Gasteiger partial charge in [-0.15, -0.1) is 0 Å². The van der Waals surface area contributed by atoms with Crippen LogP contribution in [0.2, 0.25) is 0 Å². The van der Waals surface area contributed by atoms with Gasteiger partial charge in [-0.2, -0.15) is 9.36 Å². The number of anilines is 1. The minimum atomic E-state index is 0.0424. The third-order valence-corrected chi connectivity index (χ3v) is 3.45. The fourth-order valence-electron chi connectivity index (χ4n) is 1.85. The van der Waals surface area contributed by atoms with Crippen molar-refractivity contribution in [1.82, 2.24) is 9.36 Å². The summed E-state index contributed by atoms with van der Waals surface area (Å²) in [5.74, 6) is 0.167. The number of nitrogens with zero attached hydrogens (tertiary/aromatic N) is 3. The highest BCUT2D eigenvalue weighted by molar-refractivity contribution is 7.10. The van der Waals surface area contributed by atoms with Gasteiger partial charge in [0, 0.05) is 11.5 Å². The van der Waals surface area contributed by atoms with Gasteiger partial charge >= 0.3 is 0 Å². The number of rotatable bonds is 6. The lowest BCUT2D eigenvalue weighted by molar-refractivity contribution is -0.105. The molecule has 7 nitrogen and oxygen atoms in total. The molecular formula is C11H14N4O3S. The van der Waals surface area contributed by atoms with Gasteiger partial charge in [0.2, 0.25) is 11.5 Å². The number of amides is 1. The number of hydrogen-bond donors (Lipinski definition) is 1. The Morgan fingerprint density at radius 1 is 1.37 bits per heavy atom. The van der Waals surface area contributed by atoms with Crippen molar-refractivity contribution in [2.75, 3.05) is 5.32 Å². The van der Waals surface area contributed by atoms with Gasteiger partial charge in [0.25, 0.3) is 0 Å². The van der Waals surface area contributed by atoms with Crippen molar-refractivity contribution >= 4 is 35.1 Å². The number of nitrogens with one attached hydrogen (secondary N) is 1. The second-order valence-corrected chi connectivity index (χ2v) is 4.90. The van der Waals surface area contributed by atoms with Crippen molar-refractivity contribution in [3.63, 3.8) is 0 Å². The van der Waals surface area contributed by atoms with Gasteiger partial charge in [-0.1, -0.05) is 11.6 Å². The fourth-order valence-corrected chi connectivity index (χ4v) is 2.39. The summed E-state index contributed by atoms with van der Waals surface area (Å²) in [7, 11) is 0. The smallest absolute Gasteiger partial charge is 0.213 e. The van der Waals surface area contributed by atoms with Gasteiger partial charge in [-0.05, 0) is 25.7 Å². The molecule has 102 valence electrons. The van der Waals surface area contributed by atoms with Gasteiger partial charge < -0.3 is 10.2 Å². The first-order valence-electron chi connectivity index (χ1n) is 6.06. The maximum atomic E-state index is 11.0. The molecule has 0 spiro atoms. The molecule has 0 atom stereocenters. The molecule has 1 heterocycles. The average Bonchev–Trinajstić information content (AvgIpc) is 2.90. The van der Waals surface area contributed by atoms with Crippen molar-refractivity contribution in [1.29, 1.82) is 0 Å². The number of aromatic nitrogens is 2. The molecule has 1 aliphatic rings. The first kappa shape index (κ1) is 13.6. The predicted octanol–water partition coefficient (Wildman–Crippen LogP) is 1.36. The van der Waals surface area contributed by atoms with Gasteiger partial charge in [-0.3, -0.25) is 9.59 Å². The van der Waals surface area contributed by atoms with Gasteiger partial charge in [0.15, 0.2) is 17.8 Å².